The van der Waals surface area contributed by atoms with Gasteiger partial charge in [-0.25, -0.2) is 9.97 Å². The van der Waals surface area contributed by atoms with Gasteiger partial charge in [0.1, 0.15) is 12.4 Å². The first-order chi connectivity index (χ1) is 10.1. The van der Waals surface area contributed by atoms with E-state index in [1.54, 1.807) is 11.0 Å². The number of aryl methyl sites for hydroxylation is 2. The van der Waals surface area contributed by atoms with Crippen LogP contribution in [0.1, 0.15) is 28.2 Å². The number of amides is 1. The summed E-state index contributed by atoms with van der Waals surface area (Å²) in [6.45, 7) is 5.02. The second-order valence-corrected chi connectivity index (χ2v) is 5.23. The zero-order chi connectivity index (χ0) is 14.8. The summed E-state index contributed by atoms with van der Waals surface area (Å²) in [6.07, 6.45) is 3.67. The third-order valence-electron chi connectivity index (χ3n) is 3.43. The van der Waals surface area contributed by atoms with Gasteiger partial charge < -0.3 is 14.1 Å². The minimum atomic E-state index is -0.0675. The van der Waals surface area contributed by atoms with Gasteiger partial charge in [-0.2, -0.15) is 0 Å². The molecule has 21 heavy (non-hydrogen) atoms. The van der Waals surface area contributed by atoms with Crippen LogP contribution in [0.4, 0.5) is 0 Å². The number of aromatic nitrogens is 2. The van der Waals surface area contributed by atoms with Gasteiger partial charge in [0.05, 0.1) is 18.4 Å². The van der Waals surface area contributed by atoms with Crippen LogP contribution in [0.15, 0.2) is 29.1 Å². The highest BCUT2D eigenvalue weighted by Gasteiger charge is 2.29. The summed E-state index contributed by atoms with van der Waals surface area (Å²) in [5.41, 5.74) is 2.32. The van der Waals surface area contributed by atoms with Gasteiger partial charge in [-0.05, 0) is 26.0 Å². The number of ether oxygens (including phenoxy) is 1. The summed E-state index contributed by atoms with van der Waals surface area (Å²) in [6, 6.07) is 3.95. The summed E-state index contributed by atoms with van der Waals surface area (Å²) in [7, 11) is 0. The molecule has 2 aromatic heterocycles. The number of nitrogens with zero attached hydrogens (tertiary/aromatic N) is 3. The van der Waals surface area contributed by atoms with E-state index >= 15 is 0 Å². The van der Waals surface area contributed by atoms with Crippen molar-refractivity contribution in [2.24, 2.45) is 0 Å². The lowest BCUT2D eigenvalue weighted by Gasteiger charge is -2.16. The van der Waals surface area contributed by atoms with Gasteiger partial charge in [-0.3, -0.25) is 4.79 Å². The van der Waals surface area contributed by atoms with E-state index in [1.165, 1.54) is 12.5 Å². The first-order valence-corrected chi connectivity index (χ1v) is 6.92. The Morgan fingerprint density at radius 2 is 2.14 bits per heavy atom. The zero-order valence-electron chi connectivity index (χ0n) is 12.1. The fourth-order valence-corrected chi connectivity index (χ4v) is 2.47. The van der Waals surface area contributed by atoms with Gasteiger partial charge >= 0.3 is 6.01 Å². The predicted molar refractivity (Wildman–Crippen MR) is 75.2 cm³/mol. The van der Waals surface area contributed by atoms with Crippen LogP contribution < -0.4 is 4.74 Å². The number of carbonyl (C=O) groups excluding carboxylic acids is 1. The molecular weight excluding hydrogens is 270 g/mol. The van der Waals surface area contributed by atoms with Crippen molar-refractivity contribution < 1.29 is 13.9 Å². The molecular formula is C15H17N3O3. The molecule has 0 spiro atoms. The molecule has 0 N–H and O–H groups in total. The van der Waals surface area contributed by atoms with Crippen LogP contribution in [-0.2, 0) is 0 Å². The molecule has 1 aliphatic rings. The maximum absolute atomic E-state index is 12.2. The molecule has 0 radical (unpaired) electrons. The van der Waals surface area contributed by atoms with Crippen LogP contribution in [0.5, 0.6) is 6.01 Å². The van der Waals surface area contributed by atoms with E-state index in [2.05, 4.69) is 9.97 Å². The third-order valence-corrected chi connectivity index (χ3v) is 3.43. The van der Waals surface area contributed by atoms with Crippen LogP contribution in [-0.4, -0.2) is 40.0 Å². The number of furan rings is 1. The Bertz CT molecular complexity index is 619. The Kier molecular flexibility index (Phi) is 3.60. The average Bonchev–Trinajstić information content (AvgIpc) is 3.07. The van der Waals surface area contributed by atoms with Crippen molar-refractivity contribution in [3.05, 3.63) is 41.6 Å². The molecule has 3 heterocycles. The largest absolute Gasteiger partial charge is 0.472 e. The van der Waals surface area contributed by atoms with Gasteiger partial charge in [0.15, 0.2) is 0 Å². The number of carbonyl (C=O) groups is 1. The van der Waals surface area contributed by atoms with Crippen LogP contribution in [0.3, 0.4) is 0 Å². The van der Waals surface area contributed by atoms with E-state index in [9.17, 15) is 4.79 Å². The Morgan fingerprint density at radius 3 is 2.81 bits per heavy atom. The van der Waals surface area contributed by atoms with Gasteiger partial charge in [0.2, 0.25) is 0 Å². The van der Waals surface area contributed by atoms with Crippen molar-refractivity contribution in [2.45, 2.75) is 26.4 Å². The first-order valence-electron chi connectivity index (χ1n) is 6.92. The van der Waals surface area contributed by atoms with Crippen molar-refractivity contribution in [2.75, 3.05) is 13.1 Å². The molecule has 0 bridgehead atoms. The number of rotatable bonds is 3. The maximum Gasteiger partial charge on any atom is 0.317 e. The van der Waals surface area contributed by atoms with E-state index in [0.29, 0.717) is 24.7 Å². The molecule has 6 heteroatoms. The topological polar surface area (TPSA) is 68.5 Å². The molecule has 6 nitrogen and oxygen atoms in total. The lowest BCUT2D eigenvalue weighted by atomic mass is 10.3. The monoisotopic (exact) mass is 287 g/mol. The van der Waals surface area contributed by atoms with Crippen LogP contribution in [0, 0.1) is 13.8 Å². The summed E-state index contributed by atoms with van der Waals surface area (Å²) in [5.74, 6) is -0.0313. The average molecular weight is 287 g/mol. The molecule has 1 saturated heterocycles. The van der Waals surface area contributed by atoms with E-state index in [4.69, 9.17) is 9.15 Å². The van der Waals surface area contributed by atoms with E-state index < -0.39 is 0 Å². The summed E-state index contributed by atoms with van der Waals surface area (Å²) >= 11 is 0. The molecule has 2 aromatic rings. The van der Waals surface area contributed by atoms with E-state index in [1.807, 2.05) is 19.9 Å². The second kappa shape index (κ2) is 5.55. The molecule has 0 saturated carbocycles. The second-order valence-electron chi connectivity index (χ2n) is 5.23. The summed E-state index contributed by atoms with van der Waals surface area (Å²) < 4.78 is 10.7. The SMILES string of the molecule is Cc1cc(C)nc(O[C@@H]2CCN(C(=O)c3ccoc3)C2)n1. The maximum atomic E-state index is 12.2. The minimum absolute atomic E-state index is 0.0313. The molecule has 1 amide bonds. The highest BCUT2D eigenvalue weighted by atomic mass is 16.5. The van der Waals surface area contributed by atoms with Gasteiger partial charge in [0.25, 0.3) is 5.91 Å². The van der Waals surface area contributed by atoms with Crippen molar-refractivity contribution in [1.29, 1.82) is 0 Å². The highest BCUT2D eigenvalue weighted by molar-refractivity contribution is 5.94. The van der Waals surface area contributed by atoms with Crippen LogP contribution >= 0.6 is 0 Å². The van der Waals surface area contributed by atoms with Gasteiger partial charge in [-0.1, -0.05) is 0 Å². The van der Waals surface area contributed by atoms with Gasteiger partial charge in [0, 0.05) is 24.4 Å². The van der Waals surface area contributed by atoms with Crippen molar-refractivity contribution >= 4 is 5.91 Å². The zero-order valence-corrected chi connectivity index (χ0v) is 12.1. The predicted octanol–water partition coefficient (Wildman–Crippen LogP) is 1.98. The number of likely N-dealkylation sites (tertiary alicyclic amines) is 1. The molecule has 0 aliphatic carbocycles. The Morgan fingerprint density at radius 1 is 1.38 bits per heavy atom. The Balaban J connectivity index is 1.63. The molecule has 3 rings (SSSR count). The lowest BCUT2D eigenvalue weighted by Crippen LogP contribution is -2.30. The molecule has 1 fully saturated rings. The standard InChI is InChI=1S/C15H17N3O3/c1-10-7-11(2)17-15(16-10)21-13-3-5-18(8-13)14(19)12-4-6-20-9-12/h4,6-7,9,13H,3,5,8H2,1-2H3/t13-/m1/s1. The molecule has 1 aliphatic heterocycles. The quantitative estimate of drug-likeness (QED) is 0.863. The van der Waals surface area contributed by atoms with Crippen LogP contribution in [0.2, 0.25) is 0 Å². The molecule has 1 atom stereocenters. The fraction of sp³-hybridized carbons (Fsp3) is 0.400. The molecule has 110 valence electrons. The van der Waals surface area contributed by atoms with E-state index in [0.717, 1.165) is 17.8 Å². The summed E-state index contributed by atoms with van der Waals surface area (Å²) in [4.78, 5) is 22.5. The minimum Gasteiger partial charge on any atom is -0.472 e. The summed E-state index contributed by atoms with van der Waals surface area (Å²) in [5, 5.41) is 0. The van der Waals surface area contributed by atoms with E-state index in [-0.39, 0.29) is 12.0 Å². The van der Waals surface area contributed by atoms with Crippen LogP contribution in [0.25, 0.3) is 0 Å². The molecule has 0 aromatic carbocycles. The van der Waals surface area contributed by atoms with Gasteiger partial charge in [-0.15, -0.1) is 0 Å². The molecule has 0 unspecified atom stereocenters. The third kappa shape index (κ3) is 3.04. The first kappa shape index (κ1) is 13.6. The van der Waals surface area contributed by atoms with Crippen molar-refractivity contribution in [1.82, 2.24) is 14.9 Å². The Hall–Kier alpha value is -2.37. The lowest BCUT2D eigenvalue weighted by molar-refractivity contribution is 0.0769. The normalized spacial score (nSPS) is 18.0. The highest BCUT2D eigenvalue weighted by Crippen LogP contribution is 2.18. The fourth-order valence-electron chi connectivity index (χ4n) is 2.47. The van der Waals surface area contributed by atoms with Crippen molar-refractivity contribution in [3.63, 3.8) is 0 Å². The Labute approximate surface area is 122 Å². The van der Waals surface area contributed by atoms with Crippen molar-refractivity contribution in [3.8, 4) is 6.01 Å². The number of hydrogen-bond donors (Lipinski definition) is 0. The number of hydrogen-bond acceptors (Lipinski definition) is 5. The smallest absolute Gasteiger partial charge is 0.317 e.